The second-order valence-electron chi connectivity index (χ2n) is 6.45. The minimum Gasteiger partial charge on any atom is -0.323 e. The Morgan fingerprint density at radius 2 is 1.72 bits per heavy atom. The molecule has 0 aliphatic carbocycles. The molecule has 0 atom stereocenters. The number of hydrogen-bond donors (Lipinski definition) is 1. The highest BCUT2D eigenvalue weighted by Crippen LogP contribution is 2.25. The highest BCUT2D eigenvalue weighted by molar-refractivity contribution is 6.36. The molecule has 0 radical (unpaired) electrons. The maximum atomic E-state index is 12.4. The first-order chi connectivity index (χ1) is 14.0. The van der Waals surface area contributed by atoms with E-state index in [9.17, 15) is 9.59 Å². The van der Waals surface area contributed by atoms with Crippen molar-refractivity contribution in [1.29, 1.82) is 0 Å². The van der Waals surface area contributed by atoms with E-state index in [1.165, 1.54) is 12.1 Å². The van der Waals surface area contributed by atoms with Crippen molar-refractivity contribution in [1.82, 2.24) is 9.78 Å². The molecule has 4 rings (SSSR count). The monoisotopic (exact) mass is 423 g/mol. The van der Waals surface area contributed by atoms with E-state index in [0.29, 0.717) is 21.4 Å². The van der Waals surface area contributed by atoms with Gasteiger partial charge in [0.1, 0.15) is 6.54 Å². The van der Waals surface area contributed by atoms with E-state index in [4.69, 9.17) is 23.2 Å². The van der Waals surface area contributed by atoms with E-state index in [1.54, 1.807) is 18.2 Å². The van der Waals surface area contributed by atoms with Crippen molar-refractivity contribution in [3.05, 3.63) is 93.2 Å². The zero-order valence-corrected chi connectivity index (χ0v) is 16.6. The molecule has 29 heavy (non-hydrogen) atoms. The number of benzene rings is 3. The average molecular weight is 424 g/mol. The summed E-state index contributed by atoms with van der Waals surface area (Å²) in [6.07, 6.45) is 0. The van der Waals surface area contributed by atoms with Gasteiger partial charge in [-0.2, -0.15) is 5.10 Å². The van der Waals surface area contributed by atoms with Crippen molar-refractivity contribution >= 4 is 45.6 Å². The minimum absolute atomic E-state index is 0.237. The van der Waals surface area contributed by atoms with Crippen LogP contribution in [0.2, 0.25) is 10.0 Å². The van der Waals surface area contributed by atoms with Gasteiger partial charge in [0.25, 0.3) is 5.56 Å². The van der Waals surface area contributed by atoms with Crippen molar-refractivity contribution in [2.75, 3.05) is 5.32 Å². The van der Waals surface area contributed by atoms with E-state index in [1.807, 2.05) is 42.5 Å². The summed E-state index contributed by atoms with van der Waals surface area (Å²) in [7, 11) is 0. The van der Waals surface area contributed by atoms with Crippen LogP contribution in [0.1, 0.15) is 0 Å². The van der Waals surface area contributed by atoms with E-state index >= 15 is 0 Å². The number of anilines is 1. The molecule has 1 N–H and O–H groups in total. The Kier molecular flexibility index (Phi) is 5.34. The first kappa shape index (κ1) is 19.2. The maximum absolute atomic E-state index is 12.4. The Hall–Kier alpha value is -3.15. The van der Waals surface area contributed by atoms with Crippen LogP contribution in [0.4, 0.5) is 5.69 Å². The van der Waals surface area contributed by atoms with Crippen LogP contribution >= 0.6 is 23.2 Å². The van der Waals surface area contributed by atoms with Crippen LogP contribution in [-0.4, -0.2) is 15.7 Å². The van der Waals surface area contributed by atoms with Gasteiger partial charge in [-0.1, -0.05) is 59.6 Å². The molecule has 1 amide bonds. The van der Waals surface area contributed by atoms with Gasteiger partial charge in [-0.25, -0.2) is 4.68 Å². The molecule has 0 fully saturated rings. The van der Waals surface area contributed by atoms with E-state index in [2.05, 4.69) is 10.4 Å². The number of carbonyl (C=O) groups excluding carboxylic acids is 1. The smallest absolute Gasteiger partial charge is 0.267 e. The fraction of sp³-hybridized carbons (Fsp3) is 0.0455. The topological polar surface area (TPSA) is 64.0 Å². The van der Waals surface area contributed by atoms with Crippen LogP contribution < -0.4 is 10.9 Å². The number of halogens is 2. The van der Waals surface area contributed by atoms with E-state index < -0.39 is 5.91 Å². The van der Waals surface area contributed by atoms with Crippen LogP contribution in [0.15, 0.2) is 77.6 Å². The molecular formula is C22H15Cl2N3O2. The number of nitrogens with zero attached hydrogens (tertiary/aromatic N) is 2. The first-order valence-electron chi connectivity index (χ1n) is 8.82. The van der Waals surface area contributed by atoms with Gasteiger partial charge in [-0.3, -0.25) is 9.59 Å². The molecule has 5 nitrogen and oxygen atoms in total. The minimum atomic E-state index is -0.417. The highest BCUT2D eigenvalue weighted by Gasteiger charge is 2.11. The van der Waals surface area contributed by atoms with Gasteiger partial charge in [0.05, 0.1) is 16.4 Å². The number of fused-ring (bicyclic) bond motifs is 1. The van der Waals surface area contributed by atoms with Gasteiger partial charge in [-0.15, -0.1) is 0 Å². The molecular weight excluding hydrogens is 409 g/mol. The molecule has 7 heteroatoms. The Bertz CT molecular complexity index is 1280. The number of nitrogens with one attached hydrogen (secondary N) is 1. The number of rotatable bonds is 4. The Morgan fingerprint density at radius 1 is 0.931 bits per heavy atom. The fourth-order valence-electron chi connectivity index (χ4n) is 2.98. The molecule has 4 aromatic rings. The Labute approximate surface area is 176 Å². The summed E-state index contributed by atoms with van der Waals surface area (Å²) in [6.45, 7) is -0.237. The summed E-state index contributed by atoms with van der Waals surface area (Å²) in [6, 6.07) is 21.7. The molecule has 0 aliphatic heterocycles. The van der Waals surface area contributed by atoms with Crippen LogP contribution in [0.5, 0.6) is 0 Å². The molecule has 0 spiro atoms. The summed E-state index contributed by atoms with van der Waals surface area (Å²) < 4.78 is 1.13. The lowest BCUT2D eigenvalue weighted by molar-refractivity contribution is -0.117. The summed E-state index contributed by atoms with van der Waals surface area (Å²) in [5.41, 5.74) is 1.51. The van der Waals surface area contributed by atoms with Crippen molar-refractivity contribution < 1.29 is 4.79 Å². The molecule has 0 saturated carbocycles. The van der Waals surface area contributed by atoms with Crippen molar-refractivity contribution in [2.45, 2.75) is 6.54 Å². The summed E-state index contributed by atoms with van der Waals surface area (Å²) in [5.74, 6) is -0.417. The number of hydrogen-bond acceptors (Lipinski definition) is 3. The lowest BCUT2D eigenvalue weighted by atomic mass is 10.1. The van der Waals surface area contributed by atoms with Gasteiger partial charge < -0.3 is 5.32 Å². The van der Waals surface area contributed by atoms with Gasteiger partial charge in [0, 0.05) is 16.7 Å². The van der Waals surface area contributed by atoms with Gasteiger partial charge in [0.2, 0.25) is 5.91 Å². The largest absolute Gasteiger partial charge is 0.323 e. The SMILES string of the molecule is O=C(Cn1nc(-c2ccc3ccccc3c2)ccc1=O)Nc1ccc(Cl)cc1Cl. The number of amides is 1. The molecule has 0 aliphatic rings. The molecule has 1 heterocycles. The van der Waals surface area contributed by atoms with E-state index in [-0.39, 0.29) is 12.1 Å². The predicted octanol–water partition coefficient (Wildman–Crippen LogP) is 5.01. The zero-order chi connectivity index (χ0) is 20.4. The van der Waals surface area contributed by atoms with Crippen molar-refractivity contribution in [3.8, 4) is 11.3 Å². The lowest BCUT2D eigenvalue weighted by Crippen LogP contribution is -2.29. The molecule has 3 aromatic carbocycles. The summed E-state index contributed by atoms with van der Waals surface area (Å²) in [4.78, 5) is 24.6. The Morgan fingerprint density at radius 3 is 2.52 bits per heavy atom. The normalized spacial score (nSPS) is 10.8. The van der Waals surface area contributed by atoms with Crippen molar-refractivity contribution in [3.63, 3.8) is 0 Å². The molecule has 0 saturated heterocycles. The Balaban J connectivity index is 1.59. The molecule has 1 aromatic heterocycles. The summed E-state index contributed by atoms with van der Waals surface area (Å²) in [5, 5.41) is 9.99. The predicted molar refractivity (Wildman–Crippen MR) is 117 cm³/mol. The van der Waals surface area contributed by atoms with Gasteiger partial charge in [0.15, 0.2) is 0 Å². The molecule has 0 unspecified atom stereocenters. The molecule has 0 bridgehead atoms. The van der Waals surface area contributed by atoms with Crippen LogP contribution in [-0.2, 0) is 11.3 Å². The summed E-state index contributed by atoms with van der Waals surface area (Å²) >= 11 is 11.9. The standard InChI is InChI=1S/C22H15Cl2N3O2/c23-17-7-8-20(18(24)12-17)25-21(28)13-27-22(29)10-9-19(26-27)16-6-5-14-3-1-2-4-15(14)11-16/h1-12H,13H2,(H,25,28). The third-order valence-corrected chi connectivity index (χ3v) is 4.96. The quantitative estimate of drug-likeness (QED) is 0.501. The van der Waals surface area contributed by atoms with E-state index in [0.717, 1.165) is 21.0 Å². The average Bonchev–Trinajstić information content (AvgIpc) is 2.71. The van der Waals surface area contributed by atoms with Gasteiger partial charge >= 0.3 is 0 Å². The van der Waals surface area contributed by atoms with Crippen LogP contribution in [0, 0.1) is 0 Å². The maximum Gasteiger partial charge on any atom is 0.267 e. The third kappa shape index (κ3) is 4.31. The van der Waals surface area contributed by atoms with Crippen LogP contribution in [0.25, 0.3) is 22.0 Å². The first-order valence-corrected chi connectivity index (χ1v) is 9.57. The molecule has 144 valence electrons. The van der Waals surface area contributed by atoms with Gasteiger partial charge in [-0.05, 0) is 41.1 Å². The zero-order valence-electron chi connectivity index (χ0n) is 15.1. The second-order valence-corrected chi connectivity index (χ2v) is 7.29. The number of aromatic nitrogens is 2. The van der Waals surface area contributed by atoms with Crippen molar-refractivity contribution in [2.24, 2.45) is 0 Å². The third-order valence-electron chi connectivity index (χ3n) is 4.41. The second kappa shape index (κ2) is 8.07. The van der Waals surface area contributed by atoms with Crippen LogP contribution in [0.3, 0.4) is 0 Å². The highest BCUT2D eigenvalue weighted by atomic mass is 35.5. The lowest BCUT2D eigenvalue weighted by Gasteiger charge is -2.10. The number of carbonyl (C=O) groups is 1. The fourth-order valence-corrected chi connectivity index (χ4v) is 3.44.